The summed E-state index contributed by atoms with van der Waals surface area (Å²) in [5.41, 5.74) is 7.68. The fourth-order valence-electron chi connectivity index (χ4n) is 5.52. The lowest BCUT2D eigenvalue weighted by molar-refractivity contribution is 0.0823. The van der Waals surface area contributed by atoms with Gasteiger partial charge in [-0.25, -0.2) is 0 Å². The van der Waals surface area contributed by atoms with Gasteiger partial charge >= 0.3 is 0 Å². The van der Waals surface area contributed by atoms with Crippen molar-refractivity contribution in [2.75, 3.05) is 14.2 Å². The number of nitrogens with one attached hydrogen (secondary N) is 1. The molecular formula is C34H29IN2O3. The number of aromatic amines is 1. The molecule has 0 spiro atoms. The number of fused-ring (bicyclic) bond motifs is 3. The molecule has 0 fully saturated rings. The number of hydrogen-bond acceptors (Lipinski definition) is 3. The zero-order valence-electron chi connectivity index (χ0n) is 22.6. The summed E-state index contributed by atoms with van der Waals surface area (Å²) in [6.07, 6.45) is 0. The maximum absolute atomic E-state index is 14.6. The number of benzene rings is 4. The van der Waals surface area contributed by atoms with Crippen LogP contribution >= 0.6 is 22.6 Å². The van der Waals surface area contributed by atoms with Crippen molar-refractivity contribution in [3.05, 3.63) is 134 Å². The zero-order valence-corrected chi connectivity index (χ0v) is 24.7. The number of methoxy groups -OCH3 is 2. The van der Waals surface area contributed by atoms with E-state index in [1.165, 1.54) is 5.56 Å². The highest BCUT2D eigenvalue weighted by atomic mass is 127. The SMILES string of the molecule is COc1ccc(C2C(I)=C(c3ccccc3)N(Cc3ccc(C)cc3)C(=O)c3[nH]c4ccccc4c32)cc1OC. The monoisotopic (exact) mass is 640 g/mol. The molecule has 0 saturated heterocycles. The van der Waals surface area contributed by atoms with Crippen LogP contribution in [-0.2, 0) is 6.54 Å². The number of carbonyl (C=O) groups is 1. The Labute approximate surface area is 247 Å². The molecule has 0 bridgehead atoms. The van der Waals surface area contributed by atoms with Crippen LogP contribution in [0.1, 0.15) is 44.2 Å². The molecule has 1 unspecified atom stereocenters. The van der Waals surface area contributed by atoms with Gasteiger partial charge in [0.1, 0.15) is 5.69 Å². The van der Waals surface area contributed by atoms with Gasteiger partial charge in [0.05, 0.1) is 26.5 Å². The van der Waals surface area contributed by atoms with Gasteiger partial charge in [-0.05, 0) is 64.4 Å². The number of aryl methyl sites for hydroxylation is 1. The van der Waals surface area contributed by atoms with E-state index in [1.807, 2.05) is 53.4 Å². The Hall–Kier alpha value is -4.04. The Morgan fingerprint density at radius 1 is 0.850 bits per heavy atom. The van der Waals surface area contributed by atoms with E-state index < -0.39 is 0 Å². The average molecular weight is 641 g/mol. The molecule has 2 heterocycles. The van der Waals surface area contributed by atoms with Crippen molar-refractivity contribution in [3.8, 4) is 11.5 Å². The van der Waals surface area contributed by atoms with E-state index in [0.717, 1.165) is 42.4 Å². The van der Waals surface area contributed by atoms with E-state index in [1.54, 1.807) is 14.2 Å². The van der Waals surface area contributed by atoms with Crippen LogP contribution in [0.5, 0.6) is 11.5 Å². The number of allylic oxidation sites excluding steroid dienone is 1. The number of ether oxygens (including phenoxy) is 2. The first kappa shape index (κ1) is 26.2. The topological polar surface area (TPSA) is 54.6 Å². The van der Waals surface area contributed by atoms with Crippen LogP contribution < -0.4 is 9.47 Å². The third kappa shape index (κ3) is 4.56. The summed E-state index contributed by atoms with van der Waals surface area (Å²) in [5, 5.41) is 1.03. The zero-order chi connectivity index (χ0) is 27.8. The Morgan fingerprint density at radius 2 is 1.55 bits per heavy atom. The standard InChI is InChI=1S/C34H29IN2O3/c1-21-13-15-22(16-14-21)20-37-33(23-9-5-4-6-10-23)31(35)29(24-17-18-27(39-2)28(19-24)40-3)30-25-11-7-8-12-26(25)36-32(30)34(37)38/h4-19,29,36H,20H2,1-3H3. The van der Waals surface area contributed by atoms with Gasteiger partial charge in [0, 0.05) is 26.0 Å². The van der Waals surface area contributed by atoms with Gasteiger partial charge in [0.25, 0.3) is 5.91 Å². The third-order valence-electron chi connectivity index (χ3n) is 7.49. The highest BCUT2D eigenvalue weighted by Crippen LogP contribution is 2.49. The first-order chi connectivity index (χ1) is 19.5. The lowest BCUT2D eigenvalue weighted by Gasteiger charge is -2.27. The fourth-order valence-corrected chi connectivity index (χ4v) is 6.80. The quantitative estimate of drug-likeness (QED) is 0.191. The van der Waals surface area contributed by atoms with E-state index >= 15 is 0 Å². The van der Waals surface area contributed by atoms with Crippen molar-refractivity contribution < 1.29 is 14.3 Å². The highest BCUT2D eigenvalue weighted by molar-refractivity contribution is 14.1. The molecule has 5 nitrogen and oxygen atoms in total. The normalized spacial score (nSPS) is 15.2. The highest BCUT2D eigenvalue weighted by Gasteiger charge is 2.38. The molecule has 6 heteroatoms. The molecule has 5 aromatic rings. The van der Waals surface area contributed by atoms with Crippen molar-refractivity contribution in [3.63, 3.8) is 0 Å². The number of amides is 1. The maximum Gasteiger partial charge on any atom is 0.275 e. The van der Waals surface area contributed by atoms with Crippen LogP contribution in [0.4, 0.5) is 0 Å². The van der Waals surface area contributed by atoms with Gasteiger partial charge in [-0.15, -0.1) is 0 Å². The van der Waals surface area contributed by atoms with Crippen molar-refractivity contribution >= 4 is 45.1 Å². The Bertz CT molecular complexity index is 1740. The van der Waals surface area contributed by atoms with Crippen LogP contribution in [0.25, 0.3) is 16.6 Å². The maximum atomic E-state index is 14.6. The largest absolute Gasteiger partial charge is 0.493 e. The minimum atomic E-state index is -0.214. The molecule has 200 valence electrons. The molecule has 1 N–H and O–H groups in total. The molecule has 6 rings (SSSR count). The van der Waals surface area contributed by atoms with Gasteiger partial charge < -0.3 is 19.4 Å². The summed E-state index contributed by atoms with van der Waals surface area (Å²) in [6.45, 7) is 2.52. The lowest BCUT2D eigenvalue weighted by atomic mass is 9.88. The van der Waals surface area contributed by atoms with Gasteiger partial charge in [0.2, 0.25) is 0 Å². The summed E-state index contributed by atoms with van der Waals surface area (Å²) in [5.74, 6) is 1.05. The molecule has 40 heavy (non-hydrogen) atoms. The van der Waals surface area contributed by atoms with E-state index in [0.29, 0.717) is 23.7 Å². The Morgan fingerprint density at radius 3 is 2.27 bits per heavy atom. The first-order valence-corrected chi connectivity index (χ1v) is 14.2. The molecule has 0 radical (unpaired) electrons. The second-order valence-corrected chi connectivity index (χ2v) is 11.1. The summed E-state index contributed by atoms with van der Waals surface area (Å²) < 4.78 is 12.3. The van der Waals surface area contributed by atoms with Crippen LogP contribution in [0.3, 0.4) is 0 Å². The number of carbonyl (C=O) groups excluding carboxylic acids is 1. The molecular weight excluding hydrogens is 611 g/mol. The fraction of sp³-hybridized carbons (Fsp3) is 0.147. The van der Waals surface area contributed by atoms with Gasteiger partial charge in [-0.3, -0.25) is 4.79 Å². The van der Waals surface area contributed by atoms with Crippen LogP contribution in [0.15, 0.2) is 101 Å². The van der Waals surface area contributed by atoms with E-state index in [4.69, 9.17) is 9.47 Å². The van der Waals surface area contributed by atoms with Crippen molar-refractivity contribution in [1.82, 2.24) is 9.88 Å². The molecule has 0 saturated carbocycles. The van der Waals surface area contributed by atoms with Gasteiger partial charge in [0.15, 0.2) is 11.5 Å². The number of halogens is 1. The average Bonchev–Trinajstić information content (AvgIpc) is 3.33. The van der Waals surface area contributed by atoms with E-state index in [2.05, 4.69) is 83.0 Å². The summed E-state index contributed by atoms with van der Waals surface area (Å²) in [7, 11) is 3.29. The number of hydrogen-bond donors (Lipinski definition) is 1. The van der Waals surface area contributed by atoms with Crippen molar-refractivity contribution in [2.24, 2.45) is 0 Å². The second kappa shape index (κ2) is 10.8. The minimum absolute atomic E-state index is 0.0530. The van der Waals surface area contributed by atoms with Crippen LogP contribution in [0, 0.1) is 6.92 Å². The summed E-state index contributed by atoms with van der Waals surface area (Å²) in [6, 6.07) is 32.7. The molecule has 1 aromatic heterocycles. The van der Waals surface area contributed by atoms with Crippen LogP contribution in [0.2, 0.25) is 0 Å². The predicted octanol–water partition coefficient (Wildman–Crippen LogP) is 8.09. The predicted molar refractivity (Wildman–Crippen MR) is 168 cm³/mol. The van der Waals surface area contributed by atoms with E-state index in [-0.39, 0.29) is 11.8 Å². The number of rotatable bonds is 6. The van der Waals surface area contributed by atoms with Crippen molar-refractivity contribution in [2.45, 2.75) is 19.4 Å². The third-order valence-corrected chi connectivity index (χ3v) is 8.63. The summed E-state index contributed by atoms with van der Waals surface area (Å²) >= 11 is 2.45. The number of H-pyrrole nitrogens is 1. The minimum Gasteiger partial charge on any atom is -0.493 e. The first-order valence-electron chi connectivity index (χ1n) is 13.1. The molecule has 1 atom stereocenters. The molecule has 1 aliphatic rings. The van der Waals surface area contributed by atoms with Crippen LogP contribution in [-0.4, -0.2) is 30.0 Å². The molecule has 1 aliphatic heterocycles. The Balaban J connectivity index is 1.66. The van der Waals surface area contributed by atoms with Crippen molar-refractivity contribution in [1.29, 1.82) is 0 Å². The number of aromatic nitrogens is 1. The molecule has 0 aliphatic carbocycles. The van der Waals surface area contributed by atoms with Gasteiger partial charge in [-0.1, -0.05) is 84.4 Å². The van der Waals surface area contributed by atoms with Gasteiger partial charge in [-0.2, -0.15) is 0 Å². The molecule has 1 amide bonds. The second-order valence-electron chi connectivity index (χ2n) is 9.95. The molecule has 4 aromatic carbocycles. The lowest BCUT2D eigenvalue weighted by Crippen LogP contribution is -2.29. The van der Waals surface area contributed by atoms with E-state index in [9.17, 15) is 4.79 Å². The number of nitrogens with zero attached hydrogens (tertiary/aromatic N) is 1. The summed E-state index contributed by atoms with van der Waals surface area (Å²) in [4.78, 5) is 20.0. The number of para-hydroxylation sites is 1. The Kier molecular flexibility index (Phi) is 7.11. The smallest absolute Gasteiger partial charge is 0.275 e.